The maximum Gasteiger partial charge on any atom is 0.257 e. The van der Waals surface area contributed by atoms with Gasteiger partial charge in [0.15, 0.2) is 0 Å². The van der Waals surface area contributed by atoms with Gasteiger partial charge in [-0.05, 0) is 62.4 Å². The number of rotatable bonds is 6. The van der Waals surface area contributed by atoms with Gasteiger partial charge in [-0.1, -0.05) is 6.07 Å². The van der Waals surface area contributed by atoms with Crippen LogP contribution in [0.4, 0.5) is 17.1 Å². The number of ether oxygens (including phenoxy) is 1. The summed E-state index contributed by atoms with van der Waals surface area (Å²) in [5.74, 6) is 0.498. The van der Waals surface area contributed by atoms with Crippen LogP contribution in [0.3, 0.4) is 0 Å². The van der Waals surface area contributed by atoms with Crippen molar-refractivity contribution in [2.75, 3.05) is 10.6 Å². The van der Waals surface area contributed by atoms with E-state index in [9.17, 15) is 4.79 Å². The maximum atomic E-state index is 12.5. The number of amides is 1. The number of hydrogen-bond donors (Lipinski definition) is 2. The third-order valence-corrected chi connectivity index (χ3v) is 3.76. The van der Waals surface area contributed by atoms with Crippen LogP contribution in [0, 0.1) is 11.3 Å². The number of anilines is 3. The van der Waals surface area contributed by atoms with E-state index in [4.69, 9.17) is 10.00 Å². The Bertz CT molecular complexity index is 1010. The summed E-state index contributed by atoms with van der Waals surface area (Å²) in [4.78, 5) is 16.6. The number of benzene rings is 2. The molecule has 3 rings (SSSR count). The molecule has 0 saturated carbocycles. The van der Waals surface area contributed by atoms with Crippen LogP contribution in [-0.4, -0.2) is 17.0 Å². The number of nitrogens with one attached hydrogen (secondary N) is 2. The van der Waals surface area contributed by atoms with Gasteiger partial charge in [0.2, 0.25) is 0 Å². The van der Waals surface area contributed by atoms with Crippen molar-refractivity contribution in [1.29, 1.82) is 5.26 Å². The molecule has 2 N–H and O–H groups in total. The van der Waals surface area contributed by atoms with E-state index >= 15 is 0 Å². The standard InChI is InChI=1S/C22H20N4O2/c1-15(2)28-21-8-6-18(7-9-21)25-20-11-17(13-24-14-20)22(27)26-19-5-3-4-16(10-19)12-23/h3-11,13-15,25H,1-2H3,(H,26,27). The lowest BCUT2D eigenvalue weighted by Gasteiger charge is -2.11. The molecule has 6 heteroatoms. The molecule has 0 fully saturated rings. The highest BCUT2D eigenvalue weighted by Crippen LogP contribution is 2.21. The topological polar surface area (TPSA) is 87.0 Å². The summed E-state index contributed by atoms with van der Waals surface area (Å²) in [6, 6.07) is 18.1. The van der Waals surface area contributed by atoms with E-state index in [1.54, 1.807) is 36.5 Å². The third-order valence-electron chi connectivity index (χ3n) is 3.76. The van der Waals surface area contributed by atoms with Crippen LogP contribution in [0.1, 0.15) is 29.8 Å². The molecule has 0 spiro atoms. The molecule has 1 heterocycles. The fourth-order valence-corrected chi connectivity index (χ4v) is 2.56. The number of hydrogen-bond acceptors (Lipinski definition) is 5. The molecule has 1 amide bonds. The first-order chi connectivity index (χ1) is 13.5. The van der Waals surface area contributed by atoms with E-state index in [1.165, 1.54) is 6.20 Å². The molecular weight excluding hydrogens is 352 g/mol. The average molecular weight is 372 g/mol. The maximum absolute atomic E-state index is 12.5. The van der Waals surface area contributed by atoms with Gasteiger partial charge in [0.25, 0.3) is 5.91 Å². The van der Waals surface area contributed by atoms with Crippen molar-refractivity contribution in [2.24, 2.45) is 0 Å². The van der Waals surface area contributed by atoms with Gasteiger partial charge in [-0.3, -0.25) is 9.78 Å². The number of nitriles is 1. The van der Waals surface area contributed by atoms with Gasteiger partial charge in [0.05, 0.1) is 35.2 Å². The minimum Gasteiger partial charge on any atom is -0.491 e. The Balaban J connectivity index is 1.69. The second-order valence-electron chi connectivity index (χ2n) is 6.43. The molecule has 6 nitrogen and oxygen atoms in total. The first-order valence-electron chi connectivity index (χ1n) is 8.84. The minimum absolute atomic E-state index is 0.118. The summed E-state index contributed by atoms with van der Waals surface area (Å²) in [5.41, 5.74) is 3.00. The lowest BCUT2D eigenvalue weighted by atomic mass is 10.2. The summed E-state index contributed by atoms with van der Waals surface area (Å²) < 4.78 is 5.63. The average Bonchev–Trinajstić information content (AvgIpc) is 2.69. The van der Waals surface area contributed by atoms with Gasteiger partial charge >= 0.3 is 0 Å². The summed E-state index contributed by atoms with van der Waals surface area (Å²) in [6.07, 6.45) is 3.26. The molecule has 0 bridgehead atoms. The lowest BCUT2D eigenvalue weighted by Crippen LogP contribution is -2.12. The summed E-state index contributed by atoms with van der Waals surface area (Å²) in [6.45, 7) is 3.95. The van der Waals surface area contributed by atoms with E-state index in [0.29, 0.717) is 22.5 Å². The van der Waals surface area contributed by atoms with Gasteiger partial charge in [0, 0.05) is 17.6 Å². The van der Waals surface area contributed by atoms with Crippen molar-refractivity contribution in [2.45, 2.75) is 20.0 Å². The van der Waals surface area contributed by atoms with E-state index in [0.717, 1.165) is 11.4 Å². The predicted octanol–water partition coefficient (Wildman–Crippen LogP) is 4.74. The highest BCUT2D eigenvalue weighted by molar-refractivity contribution is 6.04. The number of aromatic nitrogens is 1. The molecule has 0 unspecified atom stereocenters. The Morgan fingerprint density at radius 1 is 1.04 bits per heavy atom. The highest BCUT2D eigenvalue weighted by Gasteiger charge is 2.08. The van der Waals surface area contributed by atoms with Crippen molar-refractivity contribution < 1.29 is 9.53 Å². The molecular formula is C22H20N4O2. The Kier molecular flexibility index (Phi) is 5.87. The summed E-state index contributed by atoms with van der Waals surface area (Å²) in [7, 11) is 0. The molecule has 0 radical (unpaired) electrons. The Labute approximate surface area is 163 Å². The SMILES string of the molecule is CC(C)Oc1ccc(Nc2cncc(C(=O)Nc3cccc(C#N)c3)c2)cc1. The van der Waals surface area contributed by atoms with Crippen LogP contribution in [0.2, 0.25) is 0 Å². The van der Waals surface area contributed by atoms with E-state index in [1.807, 2.05) is 44.2 Å². The molecule has 0 aliphatic rings. The predicted molar refractivity (Wildman–Crippen MR) is 109 cm³/mol. The fourth-order valence-electron chi connectivity index (χ4n) is 2.56. The molecule has 0 aliphatic heterocycles. The van der Waals surface area contributed by atoms with Crippen LogP contribution < -0.4 is 15.4 Å². The van der Waals surface area contributed by atoms with Crippen molar-refractivity contribution >= 4 is 23.0 Å². The van der Waals surface area contributed by atoms with Crippen molar-refractivity contribution in [3.05, 3.63) is 78.1 Å². The zero-order valence-electron chi connectivity index (χ0n) is 15.6. The number of carbonyl (C=O) groups is 1. The van der Waals surface area contributed by atoms with Crippen LogP contribution in [0.15, 0.2) is 67.0 Å². The highest BCUT2D eigenvalue weighted by atomic mass is 16.5. The van der Waals surface area contributed by atoms with Crippen LogP contribution in [0.5, 0.6) is 5.75 Å². The van der Waals surface area contributed by atoms with Crippen molar-refractivity contribution in [3.63, 3.8) is 0 Å². The first-order valence-corrected chi connectivity index (χ1v) is 8.84. The molecule has 0 saturated heterocycles. The Hall–Kier alpha value is -3.85. The lowest BCUT2D eigenvalue weighted by molar-refractivity contribution is 0.102. The molecule has 28 heavy (non-hydrogen) atoms. The third kappa shape index (κ3) is 5.08. The van der Waals surface area contributed by atoms with Crippen molar-refractivity contribution in [1.82, 2.24) is 4.98 Å². The van der Waals surface area contributed by atoms with E-state index < -0.39 is 0 Å². The minimum atomic E-state index is -0.299. The van der Waals surface area contributed by atoms with E-state index in [-0.39, 0.29) is 12.0 Å². The molecule has 0 atom stereocenters. The second-order valence-corrected chi connectivity index (χ2v) is 6.43. The summed E-state index contributed by atoms with van der Waals surface area (Å²) in [5, 5.41) is 15.0. The smallest absolute Gasteiger partial charge is 0.257 e. The first kappa shape index (κ1) is 18.9. The Morgan fingerprint density at radius 3 is 2.54 bits per heavy atom. The van der Waals surface area contributed by atoms with Gasteiger partial charge in [-0.2, -0.15) is 5.26 Å². The quantitative estimate of drug-likeness (QED) is 0.653. The van der Waals surface area contributed by atoms with Crippen LogP contribution >= 0.6 is 0 Å². The monoisotopic (exact) mass is 372 g/mol. The fraction of sp³-hybridized carbons (Fsp3) is 0.136. The van der Waals surface area contributed by atoms with E-state index in [2.05, 4.69) is 15.6 Å². The van der Waals surface area contributed by atoms with Gasteiger partial charge < -0.3 is 15.4 Å². The largest absolute Gasteiger partial charge is 0.491 e. The number of carbonyl (C=O) groups excluding carboxylic acids is 1. The normalized spacial score (nSPS) is 10.2. The molecule has 0 aliphatic carbocycles. The zero-order chi connectivity index (χ0) is 19.9. The molecule has 1 aromatic heterocycles. The van der Waals surface area contributed by atoms with Crippen LogP contribution in [0.25, 0.3) is 0 Å². The van der Waals surface area contributed by atoms with Gasteiger partial charge in [-0.15, -0.1) is 0 Å². The molecule has 140 valence electrons. The Morgan fingerprint density at radius 2 is 1.82 bits per heavy atom. The summed E-state index contributed by atoms with van der Waals surface area (Å²) >= 11 is 0. The molecule has 3 aromatic rings. The number of nitrogens with zero attached hydrogens (tertiary/aromatic N) is 2. The number of pyridine rings is 1. The second kappa shape index (κ2) is 8.69. The van der Waals surface area contributed by atoms with Crippen LogP contribution in [-0.2, 0) is 0 Å². The van der Waals surface area contributed by atoms with Crippen molar-refractivity contribution in [3.8, 4) is 11.8 Å². The molecule has 2 aromatic carbocycles. The van der Waals surface area contributed by atoms with Gasteiger partial charge in [-0.25, -0.2) is 0 Å². The zero-order valence-corrected chi connectivity index (χ0v) is 15.6. The van der Waals surface area contributed by atoms with Gasteiger partial charge in [0.1, 0.15) is 5.75 Å².